The van der Waals surface area contributed by atoms with Crippen molar-refractivity contribution >= 4 is 34.1 Å². The third-order valence-electron chi connectivity index (χ3n) is 2.77. The van der Waals surface area contributed by atoms with Crippen molar-refractivity contribution in [3.05, 3.63) is 0 Å². The maximum absolute atomic E-state index is 10.6. The zero-order valence-corrected chi connectivity index (χ0v) is 13.1. The van der Waals surface area contributed by atoms with Crippen molar-refractivity contribution in [3.63, 3.8) is 0 Å². The molecule has 1 rings (SSSR count). The van der Waals surface area contributed by atoms with Crippen molar-refractivity contribution in [2.45, 2.75) is 51.4 Å². The second-order valence-corrected chi connectivity index (χ2v) is 5.99. The predicted molar refractivity (Wildman–Crippen MR) is 75.6 cm³/mol. The van der Waals surface area contributed by atoms with Crippen molar-refractivity contribution < 1.29 is 42.4 Å². The van der Waals surface area contributed by atoms with Crippen molar-refractivity contribution in [1.29, 1.82) is 0 Å². The molecule has 1 fully saturated rings. The Balaban J connectivity index is 0.000000422. The van der Waals surface area contributed by atoms with Gasteiger partial charge in [0.1, 0.15) is 0 Å². The smallest absolute Gasteiger partial charge is 0.368 e. The van der Waals surface area contributed by atoms with Crippen LogP contribution in [0.3, 0.4) is 0 Å². The molecular weight excluding hydrogens is 334 g/mol. The Morgan fingerprint density at radius 2 is 1.22 bits per heavy atom. The van der Waals surface area contributed by atoms with Gasteiger partial charge in [-0.25, -0.2) is 0 Å². The van der Waals surface area contributed by atoms with E-state index in [0.717, 1.165) is 12.8 Å². The molecule has 1 saturated heterocycles. The first kappa shape index (κ1) is 21.0. The highest BCUT2D eigenvalue weighted by molar-refractivity contribution is 7.84. The molecule has 0 unspecified atom stereocenters. The second kappa shape index (κ2) is 9.90. The van der Waals surface area contributed by atoms with Crippen LogP contribution in [0.5, 0.6) is 0 Å². The van der Waals surface area contributed by atoms with Crippen LogP contribution in [0.2, 0.25) is 0 Å². The lowest BCUT2D eigenvalue weighted by molar-refractivity contribution is -0.138. The van der Waals surface area contributed by atoms with Gasteiger partial charge in [-0.1, -0.05) is 12.8 Å². The van der Waals surface area contributed by atoms with Gasteiger partial charge in [-0.05, 0) is 12.8 Å². The minimum absolute atomic E-state index is 0.118. The van der Waals surface area contributed by atoms with E-state index in [1.165, 1.54) is 0 Å². The summed E-state index contributed by atoms with van der Waals surface area (Å²) in [6.07, 6.45) is 2.97. The molecule has 1 heterocycles. The number of carboxylic acid groups (broad SMARTS) is 2. The Morgan fingerprint density at radius 3 is 1.43 bits per heavy atom. The summed E-state index contributed by atoms with van der Waals surface area (Å²) in [5.74, 6) is -3.32. The van der Waals surface area contributed by atoms with E-state index in [-0.39, 0.29) is 30.0 Å². The molecule has 0 aromatic carbocycles. The Hall–Kier alpha value is -2.01. The summed E-state index contributed by atoms with van der Waals surface area (Å²) in [5, 5.41) is 16.5. The van der Waals surface area contributed by atoms with Crippen molar-refractivity contribution in [2.75, 3.05) is 0 Å². The number of unbranched alkanes of at least 4 members (excludes halogenated alkanes) is 3. The molecular formula is C12H19NO9S. The summed E-state index contributed by atoms with van der Waals surface area (Å²) >= 11 is 0. The molecule has 0 radical (unpaired) electrons. The fourth-order valence-corrected chi connectivity index (χ4v) is 2.42. The van der Waals surface area contributed by atoms with Crippen molar-refractivity contribution in [1.82, 2.24) is 4.31 Å². The van der Waals surface area contributed by atoms with Crippen LogP contribution in [-0.2, 0) is 29.5 Å². The molecule has 10 nitrogen and oxygen atoms in total. The molecule has 3 N–H and O–H groups in total. The van der Waals surface area contributed by atoms with E-state index in [1.54, 1.807) is 0 Å². The molecule has 132 valence electrons. The topological polar surface area (TPSA) is 166 Å². The van der Waals surface area contributed by atoms with Crippen LogP contribution < -0.4 is 0 Å². The molecule has 1 aliphatic heterocycles. The Morgan fingerprint density at radius 1 is 0.870 bits per heavy atom. The van der Waals surface area contributed by atoms with Gasteiger partial charge in [-0.2, -0.15) is 12.7 Å². The molecule has 1 aliphatic rings. The van der Waals surface area contributed by atoms with E-state index in [1.807, 2.05) is 0 Å². The van der Waals surface area contributed by atoms with Crippen LogP contribution in [0.25, 0.3) is 0 Å². The molecule has 11 heteroatoms. The van der Waals surface area contributed by atoms with Crippen molar-refractivity contribution in [2.24, 2.45) is 0 Å². The first-order valence-electron chi connectivity index (χ1n) is 6.82. The number of amides is 2. The van der Waals surface area contributed by atoms with Crippen LogP contribution in [0.1, 0.15) is 51.4 Å². The Kier molecular flexibility index (Phi) is 9.03. The maximum Gasteiger partial charge on any atom is 0.368 e. The SMILES string of the molecule is O=C(O)CCCCCCC(=O)O.O=C1CCC(=O)N1S(=O)(=O)O. The average Bonchev–Trinajstić information content (AvgIpc) is 2.73. The quantitative estimate of drug-likeness (QED) is 0.318. The molecule has 0 spiro atoms. The fourth-order valence-electron chi connectivity index (χ4n) is 1.72. The lowest BCUT2D eigenvalue weighted by atomic mass is 10.1. The molecule has 0 bridgehead atoms. The van der Waals surface area contributed by atoms with E-state index in [4.69, 9.17) is 14.8 Å². The zero-order chi connectivity index (χ0) is 18.0. The Bertz CT molecular complexity index is 521. The van der Waals surface area contributed by atoms with Crippen LogP contribution in [0, 0.1) is 0 Å². The number of carboxylic acids is 2. The number of rotatable bonds is 8. The fraction of sp³-hybridized carbons (Fsp3) is 0.667. The lowest BCUT2D eigenvalue weighted by Gasteiger charge is -2.06. The lowest BCUT2D eigenvalue weighted by Crippen LogP contribution is -2.34. The number of carbonyl (C=O) groups is 4. The molecule has 0 atom stereocenters. The summed E-state index contributed by atoms with van der Waals surface area (Å²) in [5.41, 5.74) is 0. The molecule has 0 saturated carbocycles. The normalized spacial score (nSPS) is 14.4. The Labute approximate surface area is 133 Å². The average molecular weight is 353 g/mol. The van der Waals surface area contributed by atoms with E-state index < -0.39 is 34.1 Å². The number of hydrogen-bond donors (Lipinski definition) is 3. The summed E-state index contributed by atoms with van der Waals surface area (Å²) in [6, 6.07) is 0. The van der Waals surface area contributed by atoms with Crippen LogP contribution in [0.15, 0.2) is 0 Å². The van der Waals surface area contributed by atoms with Crippen LogP contribution >= 0.6 is 0 Å². The molecule has 2 amide bonds. The highest BCUT2D eigenvalue weighted by Crippen LogP contribution is 2.14. The van der Waals surface area contributed by atoms with Gasteiger partial charge in [0.15, 0.2) is 0 Å². The van der Waals surface area contributed by atoms with Gasteiger partial charge in [0.05, 0.1) is 0 Å². The molecule has 23 heavy (non-hydrogen) atoms. The third-order valence-corrected chi connectivity index (χ3v) is 3.64. The minimum Gasteiger partial charge on any atom is -0.481 e. The number of nitrogens with zero attached hydrogens (tertiary/aromatic N) is 1. The maximum atomic E-state index is 10.6. The second-order valence-electron chi connectivity index (χ2n) is 4.73. The first-order valence-corrected chi connectivity index (χ1v) is 8.22. The summed E-state index contributed by atoms with van der Waals surface area (Å²) < 4.78 is 28.8. The van der Waals surface area contributed by atoms with Gasteiger partial charge in [0, 0.05) is 25.7 Å². The molecule has 0 aromatic rings. The van der Waals surface area contributed by atoms with Crippen molar-refractivity contribution in [3.8, 4) is 0 Å². The largest absolute Gasteiger partial charge is 0.481 e. The summed E-state index contributed by atoms with van der Waals surface area (Å²) in [4.78, 5) is 41.3. The van der Waals surface area contributed by atoms with Crippen LogP contribution in [0.4, 0.5) is 0 Å². The third kappa shape index (κ3) is 9.58. The van der Waals surface area contributed by atoms with E-state index >= 15 is 0 Å². The zero-order valence-electron chi connectivity index (χ0n) is 12.3. The number of imide groups is 1. The highest BCUT2D eigenvalue weighted by atomic mass is 32.2. The van der Waals surface area contributed by atoms with E-state index in [9.17, 15) is 27.6 Å². The van der Waals surface area contributed by atoms with Gasteiger partial charge in [0.25, 0.3) is 0 Å². The van der Waals surface area contributed by atoms with Gasteiger partial charge in [-0.15, -0.1) is 0 Å². The van der Waals surface area contributed by atoms with E-state index in [0.29, 0.717) is 12.8 Å². The monoisotopic (exact) mass is 353 g/mol. The number of carbonyl (C=O) groups excluding carboxylic acids is 2. The highest BCUT2D eigenvalue weighted by Gasteiger charge is 2.37. The van der Waals surface area contributed by atoms with Gasteiger partial charge in [-0.3, -0.25) is 23.7 Å². The number of hydrogen-bond acceptors (Lipinski definition) is 6. The van der Waals surface area contributed by atoms with Gasteiger partial charge in [0.2, 0.25) is 11.8 Å². The van der Waals surface area contributed by atoms with E-state index in [2.05, 4.69) is 0 Å². The standard InChI is InChI=1S/C8H14O4.C4H5NO5S/c9-7(10)5-3-1-2-4-6-8(11)12;6-3-1-2-4(7)5(3)11(8,9)10/h1-6H2,(H,9,10)(H,11,12);1-2H2,(H,8,9,10). The van der Waals surface area contributed by atoms with Gasteiger partial charge >= 0.3 is 22.2 Å². The van der Waals surface area contributed by atoms with Crippen LogP contribution in [-0.4, -0.2) is 51.2 Å². The minimum atomic E-state index is -4.67. The first-order chi connectivity index (χ1) is 10.6. The molecule has 0 aliphatic carbocycles. The predicted octanol–water partition coefficient (Wildman–Crippen LogP) is 0.434. The molecule has 0 aromatic heterocycles. The summed E-state index contributed by atoms with van der Waals surface area (Å²) in [7, 11) is -4.67. The summed E-state index contributed by atoms with van der Waals surface area (Å²) in [6.45, 7) is 0. The van der Waals surface area contributed by atoms with Gasteiger partial charge < -0.3 is 10.2 Å². The number of aliphatic carboxylic acids is 2.